The lowest BCUT2D eigenvalue weighted by Crippen LogP contribution is -2.42. The zero-order valence-electron chi connectivity index (χ0n) is 15.3. The summed E-state index contributed by atoms with van der Waals surface area (Å²) in [7, 11) is 1.32. The van der Waals surface area contributed by atoms with Gasteiger partial charge in [0.1, 0.15) is 6.04 Å². The highest BCUT2D eigenvalue weighted by Crippen LogP contribution is 2.22. The third kappa shape index (κ3) is 4.88. The monoisotopic (exact) mass is 376 g/mol. The summed E-state index contributed by atoms with van der Waals surface area (Å²) >= 11 is 1.61. The number of hydrogen-bond acceptors (Lipinski definition) is 5. The van der Waals surface area contributed by atoms with Crippen LogP contribution in [-0.4, -0.2) is 47.4 Å². The number of carbonyl (C=O) groups excluding carboxylic acids is 3. The number of aryl methyl sites for hydroxylation is 1. The number of nitrogens with zero attached hydrogens (tertiary/aromatic N) is 1. The minimum Gasteiger partial charge on any atom is -0.467 e. The lowest BCUT2D eigenvalue weighted by atomic mass is 10.1. The Balaban J connectivity index is 2.06. The molecule has 0 aliphatic heterocycles. The molecule has 0 saturated heterocycles. The zero-order chi connectivity index (χ0) is 19.1. The molecule has 2 aromatic rings. The normalized spacial score (nSPS) is 12.0. The van der Waals surface area contributed by atoms with Crippen LogP contribution in [0.5, 0.6) is 0 Å². The number of Topliss-reactive ketones (excluding diaryl/α,β-unsaturated/α-hetero) is 1. The molecule has 6 nitrogen and oxygen atoms in total. The number of nitrogens with one attached hydrogen (secondary N) is 1. The third-order valence-corrected chi connectivity index (χ3v) is 4.82. The fraction of sp³-hybridized carbons (Fsp3) is 0.421. The van der Waals surface area contributed by atoms with E-state index in [1.54, 1.807) is 18.0 Å². The fourth-order valence-electron chi connectivity index (χ4n) is 2.83. The molecule has 1 N–H and O–H groups in total. The van der Waals surface area contributed by atoms with E-state index in [4.69, 9.17) is 4.74 Å². The quantitative estimate of drug-likeness (QED) is 0.538. The van der Waals surface area contributed by atoms with Crippen LogP contribution < -0.4 is 5.32 Å². The highest BCUT2D eigenvalue weighted by molar-refractivity contribution is 7.98. The number of thioether (sulfide) groups is 1. The third-order valence-electron chi connectivity index (χ3n) is 4.18. The number of ether oxygens (including phenoxy) is 1. The molecule has 1 aromatic heterocycles. The number of rotatable bonds is 9. The van der Waals surface area contributed by atoms with E-state index in [0.717, 1.165) is 16.7 Å². The summed E-state index contributed by atoms with van der Waals surface area (Å²) in [5.41, 5.74) is 1.56. The van der Waals surface area contributed by atoms with Crippen molar-refractivity contribution in [2.24, 2.45) is 0 Å². The van der Waals surface area contributed by atoms with Crippen molar-refractivity contribution in [1.82, 2.24) is 9.88 Å². The summed E-state index contributed by atoms with van der Waals surface area (Å²) in [6.07, 6.45) is 4.47. The average molecular weight is 376 g/mol. The SMILES string of the molecule is COC(=O)[C@H](CCSC)NC(=O)CCn1cc(C(C)=O)c2ccccc21. The number of esters is 1. The predicted molar refractivity (Wildman–Crippen MR) is 104 cm³/mol. The number of para-hydroxylation sites is 1. The molecule has 140 valence electrons. The Hall–Kier alpha value is -2.28. The summed E-state index contributed by atoms with van der Waals surface area (Å²) in [6, 6.07) is 6.99. The Morgan fingerprint density at radius 2 is 2.00 bits per heavy atom. The van der Waals surface area contributed by atoms with Crippen molar-refractivity contribution in [2.45, 2.75) is 32.4 Å². The summed E-state index contributed by atoms with van der Waals surface area (Å²) < 4.78 is 6.66. The number of amides is 1. The van der Waals surface area contributed by atoms with Gasteiger partial charge in [-0.05, 0) is 31.4 Å². The maximum Gasteiger partial charge on any atom is 0.328 e. The van der Waals surface area contributed by atoms with Crippen molar-refractivity contribution in [3.05, 3.63) is 36.0 Å². The van der Waals surface area contributed by atoms with Gasteiger partial charge in [-0.3, -0.25) is 9.59 Å². The maximum atomic E-state index is 12.3. The lowest BCUT2D eigenvalue weighted by molar-refractivity contribution is -0.145. The van der Waals surface area contributed by atoms with Crippen LogP contribution in [0.1, 0.15) is 30.1 Å². The first-order chi connectivity index (χ1) is 12.5. The molecule has 2 rings (SSSR count). The van der Waals surface area contributed by atoms with Crippen LogP contribution in [0.3, 0.4) is 0 Å². The molecule has 0 spiro atoms. The Kier molecular flexibility index (Phi) is 7.26. The topological polar surface area (TPSA) is 77.4 Å². The van der Waals surface area contributed by atoms with Gasteiger partial charge in [0, 0.05) is 35.6 Å². The summed E-state index contributed by atoms with van der Waals surface area (Å²) in [5, 5.41) is 3.63. The van der Waals surface area contributed by atoms with Gasteiger partial charge in [-0.15, -0.1) is 0 Å². The first-order valence-corrected chi connectivity index (χ1v) is 9.82. The van der Waals surface area contributed by atoms with Crippen molar-refractivity contribution in [3.63, 3.8) is 0 Å². The molecule has 0 fully saturated rings. The molecule has 0 saturated carbocycles. The maximum absolute atomic E-state index is 12.3. The fourth-order valence-corrected chi connectivity index (χ4v) is 3.30. The molecule has 7 heteroatoms. The second-order valence-electron chi connectivity index (χ2n) is 5.98. The van der Waals surface area contributed by atoms with Crippen LogP contribution in [0.4, 0.5) is 0 Å². The van der Waals surface area contributed by atoms with Gasteiger partial charge < -0.3 is 14.6 Å². The van der Waals surface area contributed by atoms with E-state index in [1.165, 1.54) is 14.0 Å². The van der Waals surface area contributed by atoms with Gasteiger partial charge in [-0.2, -0.15) is 11.8 Å². The van der Waals surface area contributed by atoms with Crippen LogP contribution >= 0.6 is 11.8 Å². The summed E-state index contributed by atoms with van der Waals surface area (Å²) in [4.78, 5) is 35.9. The minimum absolute atomic E-state index is 0.00720. The molecule has 0 aliphatic rings. The average Bonchev–Trinajstić information content (AvgIpc) is 3.02. The van der Waals surface area contributed by atoms with E-state index >= 15 is 0 Å². The molecule has 0 radical (unpaired) electrons. The smallest absolute Gasteiger partial charge is 0.328 e. The van der Waals surface area contributed by atoms with Crippen LogP contribution in [0, 0.1) is 0 Å². The van der Waals surface area contributed by atoms with E-state index < -0.39 is 12.0 Å². The van der Waals surface area contributed by atoms with Gasteiger partial charge in [0.05, 0.1) is 7.11 Å². The van der Waals surface area contributed by atoms with E-state index in [1.807, 2.05) is 35.1 Å². The van der Waals surface area contributed by atoms with Gasteiger partial charge in [0.15, 0.2) is 5.78 Å². The number of ketones is 1. The molecule has 26 heavy (non-hydrogen) atoms. The Bertz CT molecular complexity index is 800. The van der Waals surface area contributed by atoms with E-state index in [-0.39, 0.29) is 18.1 Å². The van der Waals surface area contributed by atoms with Crippen molar-refractivity contribution in [1.29, 1.82) is 0 Å². The Morgan fingerprint density at radius 1 is 1.27 bits per heavy atom. The van der Waals surface area contributed by atoms with Crippen molar-refractivity contribution in [3.8, 4) is 0 Å². The number of aromatic nitrogens is 1. The molecule has 1 amide bonds. The lowest BCUT2D eigenvalue weighted by Gasteiger charge is -2.16. The largest absolute Gasteiger partial charge is 0.467 e. The van der Waals surface area contributed by atoms with Gasteiger partial charge >= 0.3 is 5.97 Å². The number of benzene rings is 1. The van der Waals surface area contributed by atoms with Gasteiger partial charge in [-0.25, -0.2) is 4.79 Å². The van der Waals surface area contributed by atoms with E-state index in [2.05, 4.69) is 5.32 Å². The second-order valence-corrected chi connectivity index (χ2v) is 6.97. The van der Waals surface area contributed by atoms with Crippen LogP contribution in [0.25, 0.3) is 10.9 Å². The van der Waals surface area contributed by atoms with Crippen molar-refractivity contribution >= 4 is 40.3 Å². The molecule has 0 aliphatic carbocycles. The van der Waals surface area contributed by atoms with E-state index in [9.17, 15) is 14.4 Å². The van der Waals surface area contributed by atoms with Gasteiger partial charge in [0.25, 0.3) is 0 Å². The predicted octanol–water partition coefficient (Wildman–Crippen LogP) is 2.64. The molecule has 1 aromatic carbocycles. The molecular formula is C19H24N2O4S. The highest BCUT2D eigenvalue weighted by atomic mass is 32.2. The second kappa shape index (κ2) is 9.43. The highest BCUT2D eigenvalue weighted by Gasteiger charge is 2.21. The van der Waals surface area contributed by atoms with Gasteiger partial charge in [-0.1, -0.05) is 18.2 Å². The zero-order valence-corrected chi connectivity index (χ0v) is 16.1. The molecular weight excluding hydrogens is 352 g/mol. The van der Waals surface area contributed by atoms with Crippen LogP contribution in [0.15, 0.2) is 30.5 Å². The molecule has 1 atom stereocenters. The van der Waals surface area contributed by atoms with Crippen LogP contribution in [-0.2, 0) is 20.9 Å². The van der Waals surface area contributed by atoms with Crippen molar-refractivity contribution < 1.29 is 19.1 Å². The molecule has 0 bridgehead atoms. The summed E-state index contributed by atoms with van der Waals surface area (Å²) in [6.45, 7) is 1.96. The van der Waals surface area contributed by atoms with Crippen LogP contribution in [0.2, 0.25) is 0 Å². The number of methoxy groups -OCH3 is 1. The Morgan fingerprint density at radius 3 is 2.65 bits per heavy atom. The Labute approximate surface area is 157 Å². The van der Waals surface area contributed by atoms with Crippen molar-refractivity contribution in [2.75, 3.05) is 19.1 Å². The first kappa shape index (κ1) is 20.0. The number of fused-ring (bicyclic) bond motifs is 1. The number of hydrogen-bond donors (Lipinski definition) is 1. The van der Waals surface area contributed by atoms with E-state index in [0.29, 0.717) is 18.5 Å². The molecule has 0 unspecified atom stereocenters. The minimum atomic E-state index is -0.630. The number of carbonyl (C=O) groups is 3. The standard InChI is InChI=1S/C19H24N2O4S/c1-13(22)15-12-21(17-7-5-4-6-14(15)17)10-8-18(23)20-16(9-11-26-3)19(24)25-2/h4-7,12,16H,8-11H2,1-3H3,(H,20,23)/t16-/m0/s1. The van der Waals surface area contributed by atoms with Gasteiger partial charge in [0.2, 0.25) is 5.91 Å². The summed E-state index contributed by atoms with van der Waals surface area (Å²) in [5.74, 6) is 0.0955. The first-order valence-electron chi connectivity index (χ1n) is 8.42. The molecule has 1 heterocycles.